The van der Waals surface area contributed by atoms with E-state index in [1.165, 1.54) is 11.3 Å². The van der Waals surface area contributed by atoms with E-state index in [1.54, 1.807) is 18.5 Å². The van der Waals surface area contributed by atoms with Crippen molar-refractivity contribution in [2.75, 3.05) is 6.54 Å². The molecule has 0 amide bonds. The molecule has 0 aliphatic carbocycles. The van der Waals surface area contributed by atoms with Crippen molar-refractivity contribution in [2.45, 2.75) is 17.6 Å². The fraction of sp³-hybridized carbons (Fsp3) is 0.250. The van der Waals surface area contributed by atoms with Crippen LogP contribution in [0.3, 0.4) is 0 Å². The summed E-state index contributed by atoms with van der Waals surface area (Å²) in [4.78, 5) is 3.92. The molecule has 0 spiro atoms. The topological polar surface area (TPSA) is 59.1 Å². The Morgan fingerprint density at radius 3 is 2.63 bits per heavy atom. The summed E-state index contributed by atoms with van der Waals surface area (Å²) < 4.78 is 27.9. The van der Waals surface area contributed by atoms with E-state index in [9.17, 15) is 8.42 Å². The maximum atomic E-state index is 12.1. The first-order chi connectivity index (χ1) is 8.99. The zero-order valence-corrected chi connectivity index (χ0v) is 13.5. The van der Waals surface area contributed by atoms with Crippen molar-refractivity contribution < 1.29 is 8.42 Å². The molecule has 2 heterocycles. The average Bonchev–Trinajstić information content (AvgIpc) is 2.72. The average molecular weight is 361 g/mol. The van der Waals surface area contributed by atoms with Gasteiger partial charge in [-0.1, -0.05) is 0 Å². The summed E-state index contributed by atoms with van der Waals surface area (Å²) in [7, 11) is -3.41. The van der Waals surface area contributed by atoms with Crippen molar-refractivity contribution in [3.8, 4) is 0 Å². The van der Waals surface area contributed by atoms with Crippen molar-refractivity contribution in [1.82, 2.24) is 9.71 Å². The number of thiophene rings is 1. The minimum absolute atomic E-state index is 0.339. The Labute approximate surface area is 125 Å². The molecule has 4 nitrogen and oxygen atoms in total. The van der Waals surface area contributed by atoms with Crippen LogP contribution in [0, 0.1) is 6.92 Å². The summed E-state index contributed by atoms with van der Waals surface area (Å²) in [6.45, 7) is 2.25. The Kier molecular flexibility index (Phi) is 4.72. The number of aromatic nitrogens is 1. The number of hydrogen-bond donors (Lipinski definition) is 1. The predicted octanol–water partition coefficient (Wildman–Crippen LogP) is 2.74. The second-order valence-electron chi connectivity index (χ2n) is 4.03. The number of rotatable bonds is 5. The summed E-state index contributed by atoms with van der Waals surface area (Å²) >= 11 is 4.56. The third-order valence-electron chi connectivity index (χ3n) is 2.55. The molecule has 0 aromatic carbocycles. The highest BCUT2D eigenvalue weighted by molar-refractivity contribution is 9.11. The van der Waals surface area contributed by atoms with Gasteiger partial charge in [0, 0.05) is 18.9 Å². The Bertz CT molecular complexity index is 634. The van der Waals surface area contributed by atoms with Gasteiger partial charge >= 0.3 is 0 Å². The molecule has 19 heavy (non-hydrogen) atoms. The van der Waals surface area contributed by atoms with Crippen LogP contribution in [0.5, 0.6) is 0 Å². The van der Waals surface area contributed by atoms with E-state index >= 15 is 0 Å². The Hall–Kier alpha value is -0.760. The van der Waals surface area contributed by atoms with E-state index in [1.807, 2.05) is 19.1 Å². The molecule has 0 fully saturated rings. The number of nitrogens with zero attached hydrogens (tertiary/aromatic N) is 1. The van der Waals surface area contributed by atoms with E-state index in [-0.39, 0.29) is 0 Å². The zero-order valence-electron chi connectivity index (χ0n) is 10.3. The Balaban J connectivity index is 1.99. The number of aryl methyl sites for hydroxylation is 1. The molecule has 0 saturated heterocycles. The van der Waals surface area contributed by atoms with Crippen molar-refractivity contribution in [3.05, 3.63) is 45.5 Å². The molecule has 0 radical (unpaired) electrons. The van der Waals surface area contributed by atoms with E-state index < -0.39 is 10.0 Å². The normalized spacial score (nSPS) is 11.7. The van der Waals surface area contributed by atoms with Gasteiger partial charge in [-0.05, 0) is 58.6 Å². The lowest BCUT2D eigenvalue weighted by Gasteiger charge is -2.04. The van der Waals surface area contributed by atoms with Crippen LogP contribution in [0.1, 0.15) is 11.1 Å². The van der Waals surface area contributed by atoms with Crippen LogP contribution in [0.4, 0.5) is 0 Å². The van der Waals surface area contributed by atoms with Gasteiger partial charge < -0.3 is 0 Å². The molecule has 102 valence electrons. The summed E-state index contributed by atoms with van der Waals surface area (Å²) in [5, 5.41) is 0. The highest BCUT2D eigenvalue weighted by Crippen LogP contribution is 2.30. The largest absolute Gasteiger partial charge is 0.265 e. The highest BCUT2D eigenvalue weighted by atomic mass is 79.9. The molecule has 0 bridgehead atoms. The number of pyridine rings is 1. The Morgan fingerprint density at radius 2 is 2.05 bits per heavy atom. The number of nitrogens with one attached hydrogen (secondary N) is 1. The molecule has 2 aromatic heterocycles. The molecule has 2 aromatic rings. The molecule has 7 heteroatoms. The molecule has 1 N–H and O–H groups in total. The van der Waals surface area contributed by atoms with Gasteiger partial charge in [0.2, 0.25) is 10.0 Å². The predicted molar refractivity (Wildman–Crippen MR) is 79.9 cm³/mol. The minimum Gasteiger partial charge on any atom is -0.265 e. The van der Waals surface area contributed by atoms with Crippen LogP contribution in [0.15, 0.2) is 38.6 Å². The molecule has 0 saturated carbocycles. The van der Waals surface area contributed by atoms with Gasteiger partial charge in [0.15, 0.2) is 0 Å². The van der Waals surface area contributed by atoms with E-state index in [0.717, 1.165) is 14.9 Å². The maximum absolute atomic E-state index is 12.1. The van der Waals surface area contributed by atoms with Gasteiger partial charge in [0.25, 0.3) is 0 Å². The first kappa shape index (κ1) is 14.6. The van der Waals surface area contributed by atoms with Crippen LogP contribution in [0.25, 0.3) is 0 Å². The summed E-state index contributed by atoms with van der Waals surface area (Å²) in [6.07, 6.45) is 4.04. The maximum Gasteiger partial charge on any atom is 0.250 e. The molecular weight excluding hydrogens is 348 g/mol. The third-order valence-corrected chi connectivity index (χ3v) is 6.63. The second-order valence-corrected chi connectivity index (χ2v) is 8.39. The number of sulfonamides is 1. The first-order valence-electron chi connectivity index (χ1n) is 5.63. The minimum atomic E-state index is -3.41. The van der Waals surface area contributed by atoms with Crippen LogP contribution >= 0.6 is 27.3 Å². The quantitative estimate of drug-likeness (QED) is 0.891. The molecule has 0 aliphatic heterocycles. The lowest BCUT2D eigenvalue weighted by atomic mass is 10.2. The molecule has 0 aliphatic rings. The van der Waals surface area contributed by atoms with Gasteiger partial charge in [-0.25, -0.2) is 13.1 Å². The highest BCUT2D eigenvalue weighted by Gasteiger charge is 2.17. The van der Waals surface area contributed by atoms with Crippen molar-refractivity contribution in [2.24, 2.45) is 0 Å². The third kappa shape index (κ3) is 3.85. The summed E-state index contributed by atoms with van der Waals surface area (Å²) in [5.41, 5.74) is 1.99. The molecule has 2 rings (SSSR count). The number of halogens is 1. The lowest BCUT2D eigenvalue weighted by molar-refractivity contribution is 0.583. The first-order valence-corrected chi connectivity index (χ1v) is 8.73. The summed E-state index contributed by atoms with van der Waals surface area (Å²) in [6, 6.07) is 5.42. The van der Waals surface area contributed by atoms with Gasteiger partial charge in [-0.15, -0.1) is 11.3 Å². The van der Waals surface area contributed by atoms with Crippen molar-refractivity contribution in [3.63, 3.8) is 0 Å². The lowest BCUT2D eigenvalue weighted by Crippen LogP contribution is -2.25. The molecular formula is C12H13BrN2O2S2. The Morgan fingerprint density at radius 1 is 1.37 bits per heavy atom. The monoisotopic (exact) mass is 360 g/mol. The van der Waals surface area contributed by atoms with E-state index in [4.69, 9.17) is 0 Å². The molecule has 0 atom stereocenters. The van der Waals surface area contributed by atoms with E-state index in [0.29, 0.717) is 17.2 Å². The van der Waals surface area contributed by atoms with E-state index in [2.05, 4.69) is 25.6 Å². The van der Waals surface area contributed by atoms with Crippen LogP contribution in [0.2, 0.25) is 0 Å². The van der Waals surface area contributed by atoms with Gasteiger partial charge in [-0.2, -0.15) is 0 Å². The summed E-state index contributed by atoms with van der Waals surface area (Å²) in [5.74, 6) is 0. The molecule has 0 unspecified atom stereocenters. The fourth-order valence-corrected chi connectivity index (χ4v) is 4.82. The standard InChI is InChI=1S/C12H13BrN2O2S2/c1-9-8-11(18-12(9)13)19(16,17)15-7-4-10-2-5-14-6-3-10/h2-3,5-6,8,15H,4,7H2,1H3. The zero-order chi connectivity index (χ0) is 13.9. The fourth-order valence-electron chi connectivity index (χ4n) is 1.51. The van der Waals surface area contributed by atoms with Gasteiger partial charge in [0.1, 0.15) is 4.21 Å². The smallest absolute Gasteiger partial charge is 0.250 e. The SMILES string of the molecule is Cc1cc(S(=O)(=O)NCCc2ccncc2)sc1Br. The van der Waals surface area contributed by atoms with Gasteiger partial charge in [0.05, 0.1) is 3.79 Å². The van der Waals surface area contributed by atoms with Crippen LogP contribution < -0.4 is 4.72 Å². The van der Waals surface area contributed by atoms with Crippen LogP contribution in [-0.4, -0.2) is 19.9 Å². The second kappa shape index (κ2) is 6.13. The van der Waals surface area contributed by atoms with Gasteiger partial charge in [-0.3, -0.25) is 4.98 Å². The van der Waals surface area contributed by atoms with Crippen LogP contribution in [-0.2, 0) is 16.4 Å². The number of hydrogen-bond acceptors (Lipinski definition) is 4. The van der Waals surface area contributed by atoms with Crippen molar-refractivity contribution >= 4 is 37.3 Å². The van der Waals surface area contributed by atoms with Crippen molar-refractivity contribution in [1.29, 1.82) is 0 Å².